The minimum atomic E-state index is -0.442. The number of ether oxygens (including phenoxy) is 1. The van der Waals surface area contributed by atoms with Crippen LogP contribution in [0, 0.1) is 3.57 Å². The summed E-state index contributed by atoms with van der Waals surface area (Å²) in [6.45, 7) is 13.3. The largest absolute Gasteiger partial charge is 0.367 e. The van der Waals surface area contributed by atoms with Crippen LogP contribution in [0.25, 0.3) is 0 Å². The third-order valence-electron chi connectivity index (χ3n) is 3.49. The van der Waals surface area contributed by atoms with Crippen LogP contribution in [0.3, 0.4) is 0 Å². The molecule has 0 spiro atoms. The molecule has 0 fully saturated rings. The maximum Gasteiger partial charge on any atom is 0.162 e. The Kier molecular flexibility index (Phi) is 6.23. The molecule has 114 valence electrons. The van der Waals surface area contributed by atoms with Crippen molar-refractivity contribution in [2.75, 3.05) is 6.61 Å². The van der Waals surface area contributed by atoms with Gasteiger partial charge in [0.1, 0.15) is 10.8 Å². The van der Waals surface area contributed by atoms with Crippen LogP contribution in [0.15, 0.2) is 0 Å². The second-order valence-electron chi connectivity index (χ2n) is 5.89. The summed E-state index contributed by atoms with van der Waals surface area (Å²) in [7, 11) is 0. The van der Waals surface area contributed by atoms with E-state index >= 15 is 0 Å². The van der Waals surface area contributed by atoms with Crippen molar-refractivity contribution in [2.24, 2.45) is 0 Å². The first kappa shape index (κ1) is 18.1. The Morgan fingerprint density at radius 1 is 1.10 bits per heavy atom. The first-order chi connectivity index (χ1) is 9.21. The second kappa shape index (κ2) is 6.88. The highest BCUT2D eigenvalue weighted by Gasteiger charge is 2.35. The van der Waals surface area contributed by atoms with Crippen molar-refractivity contribution < 1.29 is 4.74 Å². The summed E-state index contributed by atoms with van der Waals surface area (Å²) in [5.74, 6) is 0.708. The minimum Gasteiger partial charge on any atom is -0.367 e. The fourth-order valence-corrected chi connectivity index (χ4v) is 3.45. The van der Waals surface area contributed by atoms with E-state index < -0.39 is 5.60 Å². The smallest absolute Gasteiger partial charge is 0.162 e. The number of nitrogens with zero attached hydrogens (tertiary/aromatic N) is 2. The van der Waals surface area contributed by atoms with Crippen molar-refractivity contribution in [1.29, 1.82) is 0 Å². The predicted molar refractivity (Wildman–Crippen MR) is 92.3 cm³/mol. The second-order valence-corrected chi connectivity index (χ2v) is 7.32. The Morgan fingerprint density at radius 2 is 1.65 bits per heavy atom. The molecule has 1 heterocycles. The Balaban J connectivity index is 3.49. The lowest BCUT2D eigenvalue weighted by Gasteiger charge is -2.31. The van der Waals surface area contributed by atoms with E-state index in [0.29, 0.717) is 17.6 Å². The van der Waals surface area contributed by atoms with Crippen molar-refractivity contribution in [3.63, 3.8) is 0 Å². The first-order valence-electron chi connectivity index (χ1n) is 7.09. The van der Waals surface area contributed by atoms with Crippen molar-refractivity contribution in [3.8, 4) is 0 Å². The first-order valence-corrected chi connectivity index (χ1v) is 8.55. The van der Waals surface area contributed by atoms with E-state index in [0.717, 1.165) is 22.1 Å². The van der Waals surface area contributed by atoms with Crippen LogP contribution >= 0.6 is 34.2 Å². The van der Waals surface area contributed by atoms with Gasteiger partial charge in [0.15, 0.2) is 5.82 Å². The molecule has 0 bridgehead atoms. The molecule has 0 atom stereocenters. The highest BCUT2D eigenvalue weighted by molar-refractivity contribution is 14.1. The third kappa shape index (κ3) is 3.63. The number of rotatable bonds is 5. The molecule has 0 aliphatic carbocycles. The molecule has 0 saturated heterocycles. The Hall–Kier alpha value is 0.0600. The highest BCUT2D eigenvalue weighted by atomic mass is 127. The normalized spacial score (nSPS) is 12.8. The van der Waals surface area contributed by atoms with E-state index in [9.17, 15) is 0 Å². The molecule has 0 aliphatic heterocycles. The van der Waals surface area contributed by atoms with Crippen LogP contribution in [-0.2, 0) is 15.8 Å². The molecule has 0 saturated carbocycles. The van der Waals surface area contributed by atoms with Gasteiger partial charge >= 0.3 is 0 Å². The van der Waals surface area contributed by atoms with E-state index in [1.165, 1.54) is 0 Å². The van der Waals surface area contributed by atoms with Crippen LogP contribution in [-0.4, -0.2) is 16.6 Å². The molecule has 1 rings (SSSR count). The standard InChI is InChI=1S/C15H24ClIN2O/c1-7-15(8-2,20-9-3)13-18-11(14(4,5)6)10(17)12(16)19-13/h7-9H2,1-6H3. The molecule has 0 N–H and O–H groups in total. The molecule has 3 nitrogen and oxygen atoms in total. The van der Waals surface area contributed by atoms with Crippen molar-refractivity contribution >= 4 is 34.2 Å². The monoisotopic (exact) mass is 410 g/mol. The van der Waals surface area contributed by atoms with Gasteiger partial charge in [-0.15, -0.1) is 0 Å². The molecular formula is C15H24ClIN2O. The lowest BCUT2D eigenvalue weighted by Crippen LogP contribution is -2.32. The van der Waals surface area contributed by atoms with E-state index in [4.69, 9.17) is 21.3 Å². The maximum absolute atomic E-state index is 6.33. The van der Waals surface area contributed by atoms with Gasteiger partial charge in [-0.05, 0) is 42.4 Å². The van der Waals surface area contributed by atoms with E-state index in [1.54, 1.807) is 0 Å². The average Bonchev–Trinajstić information content (AvgIpc) is 2.38. The van der Waals surface area contributed by atoms with Gasteiger partial charge in [-0.2, -0.15) is 0 Å². The summed E-state index contributed by atoms with van der Waals surface area (Å²) < 4.78 is 6.92. The molecule has 5 heteroatoms. The maximum atomic E-state index is 6.33. The summed E-state index contributed by atoms with van der Waals surface area (Å²) in [5, 5.41) is 0.520. The lowest BCUT2D eigenvalue weighted by atomic mass is 9.90. The molecule has 20 heavy (non-hydrogen) atoms. The van der Waals surface area contributed by atoms with E-state index in [2.05, 4.69) is 62.2 Å². The summed E-state index contributed by atoms with van der Waals surface area (Å²) in [6, 6.07) is 0. The summed E-state index contributed by atoms with van der Waals surface area (Å²) in [5.41, 5.74) is 0.471. The molecule has 1 aromatic rings. The van der Waals surface area contributed by atoms with Gasteiger partial charge in [0.05, 0.1) is 9.26 Å². The van der Waals surface area contributed by atoms with Gasteiger partial charge in [0.2, 0.25) is 0 Å². The van der Waals surface area contributed by atoms with Crippen LogP contribution in [0.4, 0.5) is 0 Å². The van der Waals surface area contributed by atoms with Gasteiger partial charge in [0, 0.05) is 12.0 Å². The molecule has 0 aromatic carbocycles. The van der Waals surface area contributed by atoms with Gasteiger partial charge in [-0.25, -0.2) is 9.97 Å². The van der Waals surface area contributed by atoms with Crippen LogP contribution < -0.4 is 0 Å². The minimum absolute atomic E-state index is 0.0721. The molecular weight excluding hydrogens is 387 g/mol. The van der Waals surface area contributed by atoms with Crippen LogP contribution in [0.5, 0.6) is 0 Å². The quantitative estimate of drug-likeness (QED) is 0.501. The van der Waals surface area contributed by atoms with Crippen molar-refractivity contribution in [3.05, 3.63) is 20.2 Å². The highest BCUT2D eigenvalue weighted by Crippen LogP contribution is 2.35. The predicted octanol–water partition coefficient (Wildman–Crippen LogP) is 5.08. The molecule has 0 aliphatic rings. The van der Waals surface area contributed by atoms with Crippen LogP contribution in [0.2, 0.25) is 5.15 Å². The third-order valence-corrected chi connectivity index (χ3v) is 5.11. The summed E-state index contributed by atoms with van der Waals surface area (Å²) in [6.07, 6.45) is 1.66. The molecule has 0 radical (unpaired) electrons. The zero-order chi connectivity index (χ0) is 15.6. The van der Waals surface area contributed by atoms with Gasteiger partial charge in [-0.3, -0.25) is 0 Å². The zero-order valence-corrected chi connectivity index (χ0v) is 16.1. The van der Waals surface area contributed by atoms with Gasteiger partial charge in [-0.1, -0.05) is 46.2 Å². The summed E-state index contributed by atoms with van der Waals surface area (Å²) in [4.78, 5) is 9.31. The van der Waals surface area contributed by atoms with Gasteiger partial charge in [0.25, 0.3) is 0 Å². The fourth-order valence-electron chi connectivity index (χ4n) is 2.23. The SMILES string of the molecule is CCOC(CC)(CC)c1nc(Cl)c(I)c(C(C)(C)C)n1. The lowest BCUT2D eigenvalue weighted by molar-refractivity contribution is -0.0574. The molecule has 1 aromatic heterocycles. The number of halogens is 2. The van der Waals surface area contributed by atoms with Gasteiger partial charge < -0.3 is 4.74 Å². The number of aromatic nitrogens is 2. The summed E-state index contributed by atoms with van der Waals surface area (Å²) >= 11 is 8.55. The zero-order valence-electron chi connectivity index (χ0n) is 13.2. The Labute approximate surface area is 141 Å². The topological polar surface area (TPSA) is 35.0 Å². The Bertz CT molecular complexity index is 468. The van der Waals surface area contributed by atoms with E-state index in [-0.39, 0.29) is 5.41 Å². The molecule has 0 unspecified atom stereocenters. The van der Waals surface area contributed by atoms with Crippen molar-refractivity contribution in [1.82, 2.24) is 9.97 Å². The number of hydrogen-bond donors (Lipinski definition) is 0. The fraction of sp³-hybridized carbons (Fsp3) is 0.733. The van der Waals surface area contributed by atoms with Crippen molar-refractivity contribution in [2.45, 2.75) is 65.4 Å². The molecule has 0 amide bonds. The van der Waals surface area contributed by atoms with E-state index in [1.807, 2.05) is 6.92 Å². The van der Waals surface area contributed by atoms with Crippen LogP contribution in [0.1, 0.15) is 65.9 Å². The average molecular weight is 411 g/mol. The number of hydrogen-bond acceptors (Lipinski definition) is 3. The Morgan fingerprint density at radius 3 is 2.05 bits per heavy atom.